The molecule has 6 heteroatoms. The van der Waals surface area contributed by atoms with E-state index < -0.39 is 6.09 Å². The lowest BCUT2D eigenvalue weighted by molar-refractivity contribution is 0.0838. The Kier molecular flexibility index (Phi) is 4.16. The Morgan fingerprint density at radius 2 is 2.00 bits per heavy atom. The first-order valence-corrected chi connectivity index (χ1v) is 6.89. The fourth-order valence-corrected chi connectivity index (χ4v) is 2.26. The molecule has 3 rings (SSSR count). The minimum Gasteiger partial charge on any atom is -0.410 e. The molecule has 0 saturated carbocycles. The van der Waals surface area contributed by atoms with E-state index in [2.05, 4.69) is 10.5 Å². The van der Waals surface area contributed by atoms with Crippen molar-refractivity contribution < 1.29 is 18.8 Å². The lowest BCUT2D eigenvalue weighted by atomic mass is 9.97. The second-order valence-corrected chi connectivity index (χ2v) is 4.83. The van der Waals surface area contributed by atoms with Crippen molar-refractivity contribution in [2.75, 3.05) is 18.5 Å². The molecule has 0 atom stereocenters. The first-order valence-electron chi connectivity index (χ1n) is 6.89. The monoisotopic (exact) mass is 288 g/mol. The summed E-state index contributed by atoms with van der Waals surface area (Å²) >= 11 is 0. The number of nitrogens with one attached hydrogen (secondary N) is 1. The van der Waals surface area contributed by atoms with Crippen LogP contribution in [0, 0.1) is 0 Å². The zero-order chi connectivity index (χ0) is 14.5. The van der Waals surface area contributed by atoms with E-state index in [4.69, 9.17) is 14.0 Å². The molecule has 1 N–H and O–H groups in total. The van der Waals surface area contributed by atoms with E-state index >= 15 is 0 Å². The highest BCUT2D eigenvalue weighted by molar-refractivity contribution is 5.84. The first-order chi connectivity index (χ1) is 10.3. The predicted molar refractivity (Wildman–Crippen MR) is 75.4 cm³/mol. The third-order valence-corrected chi connectivity index (χ3v) is 3.35. The number of aromatic nitrogens is 1. The number of para-hydroxylation sites is 1. The summed E-state index contributed by atoms with van der Waals surface area (Å²) in [6, 6.07) is 10.6. The summed E-state index contributed by atoms with van der Waals surface area (Å²) in [5.41, 5.74) is 0.841. The van der Waals surface area contributed by atoms with Crippen LogP contribution in [0.15, 0.2) is 40.9 Å². The number of rotatable bonds is 3. The van der Waals surface area contributed by atoms with E-state index in [0.29, 0.717) is 11.7 Å². The largest absolute Gasteiger partial charge is 0.419 e. The number of anilines is 1. The highest BCUT2D eigenvalue weighted by Crippen LogP contribution is 2.27. The lowest BCUT2D eigenvalue weighted by Gasteiger charge is -2.19. The maximum absolute atomic E-state index is 11.7. The molecule has 1 saturated heterocycles. The van der Waals surface area contributed by atoms with Crippen molar-refractivity contribution in [3.05, 3.63) is 42.1 Å². The zero-order valence-corrected chi connectivity index (χ0v) is 11.5. The van der Waals surface area contributed by atoms with Crippen LogP contribution in [0.4, 0.5) is 10.7 Å². The molecule has 1 fully saturated rings. The van der Waals surface area contributed by atoms with Crippen molar-refractivity contribution in [2.24, 2.45) is 0 Å². The van der Waals surface area contributed by atoms with Gasteiger partial charge in [-0.3, -0.25) is 5.32 Å². The fraction of sp³-hybridized carbons (Fsp3) is 0.333. The van der Waals surface area contributed by atoms with E-state index in [-0.39, 0.29) is 5.88 Å². The highest BCUT2D eigenvalue weighted by atomic mass is 16.6. The van der Waals surface area contributed by atoms with Crippen molar-refractivity contribution in [1.82, 2.24) is 5.16 Å². The summed E-state index contributed by atoms with van der Waals surface area (Å²) in [5.74, 6) is 1.08. The summed E-state index contributed by atoms with van der Waals surface area (Å²) in [6.07, 6.45) is 1.23. The third kappa shape index (κ3) is 3.61. The maximum Gasteiger partial charge on any atom is 0.419 e. The molecule has 1 aliphatic rings. The number of ether oxygens (including phenoxy) is 2. The Labute approximate surface area is 122 Å². The number of carbonyl (C=O) groups is 1. The van der Waals surface area contributed by atoms with Crippen LogP contribution in [-0.4, -0.2) is 24.5 Å². The topological polar surface area (TPSA) is 73.6 Å². The van der Waals surface area contributed by atoms with Crippen molar-refractivity contribution in [2.45, 2.75) is 18.8 Å². The molecular weight excluding hydrogens is 272 g/mol. The van der Waals surface area contributed by atoms with Gasteiger partial charge in [0.2, 0.25) is 5.88 Å². The van der Waals surface area contributed by atoms with Crippen LogP contribution in [0.1, 0.15) is 24.5 Å². The summed E-state index contributed by atoms with van der Waals surface area (Å²) in [6.45, 7) is 1.46. The molecule has 0 radical (unpaired) electrons. The van der Waals surface area contributed by atoms with Crippen LogP contribution in [0.5, 0.6) is 5.75 Å². The van der Waals surface area contributed by atoms with Crippen LogP contribution in [-0.2, 0) is 4.74 Å². The predicted octanol–water partition coefficient (Wildman–Crippen LogP) is 3.18. The minimum atomic E-state index is -0.601. The van der Waals surface area contributed by atoms with Crippen LogP contribution < -0.4 is 10.1 Å². The number of amides is 1. The molecule has 1 amide bonds. The van der Waals surface area contributed by atoms with Gasteiger partial charge in [0.25, 0.3) is 0 Å². The van der Waals surface area contributed by atoms with Gasteiger partial charge in [0.15, 0.2) is 0 Å². The molecule has 2 aromatic rings. The van der Waals surface area contributed by atoms with Gasteiger partial charge in [-0.2, -0.15) is 0 Å². The van der Waals surface area contributed by atoms with E-state index in [9.17, 15) is 4.79 Å². The molecule has 0 bridgehead atoms. The normalized spacial score (nSPS) is 15.6. The standard InChI is InChI=1S/C15H16N2O4/c18-15(20-12-4-2-1-3-5-12)16-14-10-13(17-21-14)11-6-8-19-9-7-11/h1-5,10-11H,6-9H2,(H,16,18). The summed E-state index contributed by atoms with van der Waals surface area (Å²) < 4.78 is 15.5. The van der Waals surface area contributed by atoms with Gasteiger partial charge in [-0.15, -0.1) is 0 Å². The molecule has 110 valence electrons. The molecule has 0 unspecified atom stereocenters. The zero-order valence-electron chi connectivity index (χ0n) is 11.5. The van der Waals surface area contributed by atoms with E-state index in [0.717, 1.165) is 31.7 Å². The average molecular weight is 288 g/mol. The average Bonchev–Trinajstić information content (AvgIpc) is 2.97. The third-order valence-electron chi connectivity index (χ3n) is 3.35. The van der Waals surface area contributed by atoms with Gasteiger partial charge in [0.1, 0.15) is 5.75 Å². The molecule has 1 aliphatic heterocycles. The van der Waals surface area contributed by atoms with Crippen LogP contribution in [0.25, 0.3) is 0 Å². The molecule has 2 heterocycles. The Hall–Kier alpha value is -2.34. The molecule has 0 spiro atoms. The first kappa shape index (κ1) is 13.6. The fourth-order valence-electron chi connectivity index (χ4n) is 2.26. The molecule has 6 nitrogen and oxygen atoms in total. The molecule has 21 heavy (non-hydrogen) atoms. The van der Waals surface area contributed by atoms with Crippen molar-refractivity contribution in [1.29, 1.82) is 0 Å². The SMILES string of the molecule is O=C(Nc1cc(C2CCOCC2)no1)Oc1ccccc1. The number of nitrogens with zero attached hydrogens (tertiary/aromatic N) is 1. The Morgan fingerprint density at radius 1 is 1.24 bits per heavy atom. The Morgan fingerprint density at radius 3 is 2.76 bits per heavy atom. The van der Waals surface area contributed by atoms with Gasteiger partial charge in [-0.25, -0.2) is 4.79 Å². The quantitative estimate of drug-likeness (QED) is 0.939. The number of hydrogen-bond acceptors (Lipinski definition) is 5. The van der Waals surface area contributed by atoms with Gasteiger partial charge < -0.3 is 14.0 Å². The van der Waals surface area contributed by atoms with Crippen LogP contribution in [0.2, 0.25) is 0 Å². The second-order valence-electron chi connectivity index (χ2n) is 4.83. The molecular formula is C15H16N2O4. The van der Waals surface area contributed by atoms with Gasteiger partial charge in [-0.05, 0) is 25.0 Å². The van der Waals surface area contributed by atoms with Crippen molar-refractivity contribution >= 4 is 12.0 Å². The lowest BCUT2D eigenvalue weighted by Crippen LogP contribution is -2.16. The highest BCUT2D eigenvalue weighted by Gasteiger charge is 2.20. The maximum atomic E-state index is 11.7. The van der Waals surface area contributed by atoms with Gasteiger partial charge in [0, 0.05) is 25.2 Å². The van der Waals surface area contributed by atoms with Crippen LogP contribution >= 0.6 is 0 Å². The van der Waals surface area contributed by atoms with E-state index in [1.807, 2.05) is 6.07 Å². The molecule has 1 aromatic carbocycles. The summed E-state index contributed by atoms with van der Waals surface area (Å²) in [7, 11) is 0. The molecule has 0 aliphatic carbocycles. The van der Waals surface area contributed by atoms with Gasteiger partial charge in [-0.1, -0.05) is 23.4 Å². The Bertz CT molecular complexity index is 591. The van der Waals surface area contributed by atoms with E-state index in [1.165, 1.54) is 0 Å². The number of hydrogen-bond donors (Lipinski definition) is 1. The van der Waals surface area contributed by atoms with Crippen molar-refractivity contribution in [3.63, 3.8) is 0 Å². The minimum absolute atomic E-state index is 0.289. The smallest absolute Gasteiger partial charge is 0.410 e. The summed E-state index contributed by atoms with van der Waals surface area (Å²) in [4.78, 5) is 11.7. The van der Waals surface area contributed by atoms with E-state index in [1.54, 1.807) is 30.3 Å². The number of carbonyl (C=O) groups excluding carboxylic acids is 1. The van der Waals surface area contributed by atoms with Gasteiger partial charge >= 0.3 is 6.09 Å². The summed E-state index contributed by atoms with van der Waals surface area (Å²) in [5, 5.41) is 6.53. The van der Waals surface area contributed by atoms with Crippen LogP contribution in [0.3, 0.4) is 0 Å². The number of benzene rings is 1. The second kappa shape index (κ2) is 6.41. The molecule has 1 aromatic heterocycles. The van der Waals surface area contributed by atoms with Crippen molar-refractivity contribution in [3.8, 4) is 5.75 Å². The van der Waals surface area contributed by atoms with Gasteiger partial charge in [0.05, 0.1) is 5.69 Å². The Balaban J connectivity index is 1.57.